The van der Waals surface area contributed by atoms with Gasteiger partial charge in [-0.2, -0.15) is 0 Å². The maximum Gasteiger partial charge on any atom is 0.0259 e. The minimum atomic E-state index is 0.781. The van der Waals surface area contributed by atoms with Crippen molar-refractivity contribution in [2.75, 3.05) is 33.2 Å². The molecule has 1 saturated heterocycles. The summed E-state index contributed by atoms with van der Waals surface area (Å²) in [5.41, 5.74) is 3.65. The van der Waals surface area contributed by atoms with Crippen LogP contribution < -0.4 is 5.43 Å². The molecule has 0 radical (unpaired) electrons. The highest BCUT2D eigenvalue weighted by Gasteiger charge is 2.19. The van der Waals surface area contributed by atoms with E-state index in [9.17, 15) is 0 Å². The zero-order valence-corrected chi connectivity index (χ0v) is 8.63. The molecule has 1 N–H and O–H groups in total. The van der Waals surface area contributed by atoms with E-state index < -0.39 is 0 Å². The van der Waals surface area contributed by atoms with Crippen molar-refractivity contribution in [3.8, 4) is 0 Å². The monoisotopic (exact) mass is 183 g/mol. The lowest BCUT2D eigenvalue weighted by molar-refractivity contribution is 0.0878. The fourth-order valence-electron chi connectivity index (χ4n) is 2.25. The first-order valence-corrected chi connectivity index (χ1v) is 5.54. The van der Waals surface area contributed by atoms with Crippen LogP contribution in [0.4, 0.5) is 0 Å². The Morgan fingerprint density at radius 3 is 2.23 bits per heavy atom. The third kappa shape index (κ3) is 2.66. The first-order chi connectivity index (χ1) is 6.34. The maximum absolute atomic E-state index is 3.65. The molecule has 76 valence electrons. The van der Waals surface area contributed by atoms with E-state index in [-0.39, 0.29) is 0 Å². The second-order valence-corrected chi connectivity index (χ2v) is 4.40. The number of rotatable bonds is 2. The molecule has 3 heteroatoms. The fraction of sp³-hybridized carbons (Fsp3) is 1.00. The molecule has 1 aliphatic heterocycles. The van der Waals surface area contributed by atoms with Crippen LogP contribution in [-0.4, -0.2) is 49.2 Å². The summed E-state index contributed by atoms with van der Waals surface area (Å²) in [5, 5.41) is 2.41. The lowest BCUT2D eigenvalue weighted by Crippen LogP contribution is -2.53. The van der Waals surface area contributed by atoms with E-state index in [2.05, 4.69) is 22.4 Å². The van der Waals surface area contributed by atoms with Gasteiger partial charge in [0.05, 0.1) is 0 Å². The van der Waals surface area contributed by atoms with E-state index in [4.69, 9.17) is 0 Å². The first kappa shape index (κ1) is 9.44. The number of likely N-dealkylation sites (N-methyl/N-ethyl adjacent to an activating group) is 1. The van der Waals surface area contributed by atoms with Gasteiger partial charge in [-0.1, -0.05) is 12.8 Å². The quantitative estimate of drug-likeness (QED) is 0.679. The van der Waals surface area contributed by atoms with Crippen LogP contribution in [0.1, 0.15) is 25.7 Å². The van der Waals surface area contributed by atoms with E-state index >= 15 is 0 Å². The van der Waals surface area contributed by atoms with Crippen molar-refractivity contribution in [1.82, 2.24) is 15.3 Å². The SMILES string of the molecule is CN1CCN(NC2CCCC2)CC1. The van der Waals surface area contributed by atoms with Crippen molar-refractivity contribution in [3.05, 3.63) is 0 Å². The topological polar surface area (TPSA) is 18.5 Å². The second-order valence-electron chi connectivity index (χ2n) is 4.40. The van der Waals surface area contributed by atoms with Gasteiger partial charge >= 0.3 is 0 Å². The molecule has 1 aliphatic carbocycles. The molecule has 2 rings (SSSR count). The Labute approximate surface area is 81.1 Å². The van der Waals surface area contributed by atoms with E-state index in [1.807, 2.05) is 0 Å². The zero-order chi connectivity index (χ0) is 9.10. The van der Waals surface area contributed by atoms with Gasteiger partial charge in [0.25, 0.3) is 0 Å². The van der Waals surface area contributed by atoms with E-state index in [1.54, 1.807) is 0 Å². The Morgan fingerprint density at radius 2 is 1.62 bits per heavy atom. The highest BCUT2D eigenvalue weighted by molar-refractivity contribution is 4.75. The number of hydrazine groups is 1. The fourth-order valence-corrected chi connectivity index (χ4v) is 2.25. The van der Waals surface area contributed by atoms with Gasteiger partial charge in [-0.15, -0.1) is 0 Å². The van der Waals surface area contributed by atoms with Crippen molar-refractivity contribution in [2.45, 2.75) is 31.7 Å². The summed E-state index contributed by atoms with van der Waals surface area (Å²) >= 11 is 0. The summed E-state index contributed by atoms with van der Waals surface area (Å²) < 4.78 is 0. The van der Waals surface area contributed by atoms with Gasteiger partial charge < -0.3 is 4.90 Å². The smallest absolute Gasteiger partial charge is 0.0259 e. The Balaban J connectivity index is 1.69. The Kier molecular flexibility index (Phi) is 3.19. The third-order valence-corrected chi connectivity index (χ3v) is 3.22. The second kappa shape index (κ2) is 4.40. The highest BCUT2D eigenvalue weighted by Crippen LogP contribution is 2.18. The number of hydrogen-bond donors (Lipinski definition) is 1. The van der Waals surface area contributed by atoms with Crippen molar-refractivity contribution in [2.24, 2.45) is 0 Å². The Bertz CT molecular complexity index is 146. The summed E-state index contributed by atoms with van der Waals surface area (Å²) in [4.78, 5) is 2.40. The standard InChI is InChI=1S/C10H21N3/c1-12-6-8-13(9-7-12)11-10-4-2-3-5-10/h10-11H,2-9H2,1H3. The first-order valence-electron chi connectivity index (χ1n) is 5.54. The summed E-state index contributed by atoms with van der Waals surface area (Å²) in [5.74, 6) is 0. The molecule has 0 aromatic heterocycles. The summed E-state index contributed by atoms with van der Waals surface area (Å²) in [6, 6.07) is 0.781. The number of nitrogens with zero attached hydrogens (tertiary/aromatic N) is 2. The molecule has 0 atom stereocenters. The molecule has 2 aliphatic rings. The molecule has 0 aromatic carbocycles. The van der Waals surface area contributed by atoms with Gasteiger partial charge in [-0.25, -0.2) is 5.01 Å². The zero-order valence-electron chi connectivity index (χ0n) is 8.63. The van der Waals surface area contributed by atoms with Crippen LogP contribution in [0.3, 0.4) is 0 Å². The van der Waals surface area contributed by atoms with Gasteiger partial charge in [0, 0.05) is 32.2 Å². The average Bonchev–Trinajstić information content (AvgIpc) is 2.62. The molecule has 1 heterocycles. The van der Waals surface area contributed by atoms with Crippen LogP contribution in [0.5, 0.6) is 0 Å². The molecule has 1 saturated carbocycles. The van der Waals surface area contributed by atoms with Crippen LogP contribution in [0.15, 0.2) is 0 Å². The number of hydrogen-bond acceptors (Lipinski definition) is 3. The van der Waals surface area contributed by atoms with Crippen molar-refractivity contribution < 1.29 is 0 Å². The van der Waals surface area contributed by atoms with Crippen LogP contribution >= 0.6 is 0 Å². The van der Waals surface area contributed by atoms with Crippen LogP contribution in [-0.2, 0) is 0 Å². The number of piperazine rings is 1. The molecular weight excluding hydrogens is 162 g/mol. The molecule has 2 fully saturated rings. The van der Waals surface area contributed by atoms with Gasteiger partial charge in [0.2, 0.25) is 0 Å². The van der Waals surface area contributed by atoms with Crippen molar-refractivity contribution in [1.29, 1.82) is 0 Å². The van der Waals surface area contributed by atoms with E-state index in [0.29, 0.717) is 0 Å². The molecular formula is C10H21N3. The molecule has 13 heavy (non-hydrogen) atoms. The molecule has 0 spiro atoms. The average molecular weight is 183 g/mol. The van der Waals surface area contributed by atoms with Gasteiger partial charge in [-0.05, 0) is 19.9 Å². The van der Waals surface area contributed by atoms with Crippen LogP contribution in [0.2, 0.25) is 0 Å². The lowest BCUT2D eigenvalue weighted by atomic mass is 10.3. The Hall–Kier alpha value is -0.120. The van der Waals surface area contributed by atoms with Crippen LogP contribution in [0.25, 0.3) is 0 Å². The van der Waals surface area contributed by atoms with Crippen molar-refractivity contribution in [3.63, 3.8) is 0 Å². The molecule has 0 unspecified atom stereocenters. The van der Waals surface area contributed by atoms with Gasteiger partial charge in [-0.3, -0.25) is 5.43 Å². The Morgan fingerprint density at radius 1 is 1.00 bits per heavy atom. The normalized spacial score (nSPS) is 28.4. The van der Waals surface area contributed by atoms with Gasteiger partial charge in [0.1, 0.15) is 0 Å². The predicted molar refractivity (Wildman–Crippen MR) is 54.5 cm³/mol. The minimum absolute atomic E-state index is 0.781. The lowest BCUT2D eigenvalue weighted by Gasteiger charge is -2.34. The maximum atomic E-state index is 3.65. The van der Waals surface area contributed by atoms with Gasteiger partial charge in [0.15, 0.2) is 0 Å². The molecule has 3 nitrogen and oxygen atoms in total. The van der Waals surface area contributed by atoms with Crippen LogP contribution in [0, 0.1) is 0 Å². The van der Waals surface area contributed by atoms with Crippen molar-refractivity contribution >= 4 is 0 Å². The molecule has 0 bridgehead atoms. The summed E-state index contributed by atoms with van der Waals surface area (Å²) in [6.07, 6.45) is 5.61. The summed E-state index contributed by atoms with van der Waals surface area (Å²) in [7, 11) is 2.20. The molecule has 0 aromatic rings. The largest absolute Gasteiger partial charge is 0.304 e. The summed E-state index contributed by atoms with van der Waals surface area (Å²) in [6.45, 7) is 4.79. The minimum Gasteiger partial charge on any atom is -0.304 e. The predicted octanol–water partition coefficient (Wildman–Crippen LogP) is 0.681. The third-order valence-electron chi connectivity index (χ3n) is 3.22. The van der Waals surface area contributed by atoms with E-state index in [1.165, 1.54) is 51.9 Å². The highest BCUT2D eigenvalue weighted by atomic mass is 15.5. The number of nitrogens with one attached hydrogen (secondary N) is 1. The molecule has 0 amide bonds. The van der Waals surface area contributed by atoms with E-state index in [0.717, 1.165) is 6.04 Å².